The Labute approximate surface area is 117 Å². The van der Waals surface area contributed by atoms with E-state index in [1.807, 2.05) is 22.4 Å². The zero-order valence-corrected chi connectivity index (χ0v) is 11.7. The van der Waals surface area contributed by atoms with Crippen molar-refractivity contribution in [2.45, 2.75) is 25.7 Å². The van der Waals surface area contributed by atoms with Gasteiger partial charge in [-0.05, 0) is 24.3 Å². The summed E-state index contributed by atoms with van der Waals surface area (Å²) < 4.78 is 0. The number of likely N-dealkylation sites (tertiary alicyclic amines) is 1. The van der Waals surface area contributed by atoms with Crippen LogP contribution in [0.5, 0.6) is 0 Å². The van der Waals surface area contributed by atoms with Crippen LogP contribution in [0.3, 0.4) is 0 Å². The topological polar surface area (TPSA) is 67.9 Å². The Kier molecular flexibility index (Phi) is 5.20. The minimum absolute atomic E-state index is 0.00960. The predicted molar refractivity (Wildman–Crippen MR) is 76.0 cm³/mol. The number of carbonyl (C=O) groups excluding carboxylic acids is 1. The summed E-state index contributed by atoms with van der Waals surface area (Å²) in [6.07, 6.45) is 4.56. The average molecular weight is 281 g/mol. The zero-order valence-electron chi connectivity index (χ0n) is 10.9. The molecule has 1 fully saturated rings. The van der Waals surface area contributed by atoms with E-state index in [4.69, 9.17) is 10.6 Å². The fourth-order valence-corrected chi connectivity index (χ4v) is 2.66. The number of nitrogens with zero attached hydrogens (tertiary/aromatic N) is 2. The molecule has 0 saturated carbocycles. The second kappa shape index (κ2) is 7.13. The van der Waals surface area contributed by atoms with E-state index in [0.29, 0.717) is 5.84 Å². The number of carbonyl (C=O) groups is 1. The monoisotopic (exact) mass is 281 g/mol. The van der Waals surface area contributed by atoms with Crippen LogP contribution in [0.1, 0.15) is 30.6 Å². The summed E-state index contributed by atoms with van der Waals surface area (Å²) in [5.74, 6) is 0.309. The molecule has 1 aromatic rings. The second-order valence-electron chi connectivity index (χ2n) is 4.52. The summed E-state index contributed by atoms with van der Waals surface area (Å²) in [5.41, 5.74) is 5.74. The standard InChI is InChI=1S/C13H19N3O2S/c14-13(11-6-5-9-19-11)15-18-10-12(17)16-7-3-1-2-4-8-16/h5-6,9H,1-4,7-8,10H2,(H2,14,15). The minimum atomic E-state index is -0.0356. The Balaban J connectivity index is 1.78. The molecule has 1 aliphatic rings. The van der Waals surface area contributed by atoms with Crippen LogP contribution < -0.4 is 5.73 Å². The number of rotatable bonds is 4. The van der Waals surface area contributed by atoms with Gasteiger partial charge in [-0.2, -0.15) is 0 Å². The fraction of sp³-hybridized carbons (Fsp3) is 0.538. The van der Waals surface area contributed by atoms with Crippen molar-refractivity contribution in [3.05, 3.63) is 22.4 Å². The molecule has 2 N–H and O–H groups in total. The molecule has 0 atom stereocenters. The van der Waals surface area contributed by atoms with Crippen LogP contribution in [0, 0.1) is 0 Å². The number of hydrogen-bond acceptors (Lipinski definition) is 4. The lowest BCUT2D eigenvalue weighted by molar-refractivity contribution is -0.136. The van der Waals surface area contributed by atoms with Gasteiger partial charge in [0, 0.05) is 13.1 Å². The van der Waals surface area contributed by atoms with E-state index in [2.05, 4.69) is 5.16 Å². The first-order valence-electron chi connectivity index (χ1n) is 6.54. The first kappa shape index (κ1) is 13.9. The maximum absolute atomic E-state index is 11.9. The molecule has 1 amide bonds. The molecule has 0 unspecified atom stereocenters. The number of hydrogen-bond donors (Lipinski definition) is 1. The van der Waals surface area contributed by atoms with Gasteiger partial charge in [0.25, 0.3) is 5.91 Å². The van der Waals surface area contributed by atoms with Crippen LogP contribution in [0.4, 0.5) is 0 Å². The fourth-order valence-electron chi connectivity index (χ4n) is 2.04. The third-order valence-electron chi connectivity index (χ3n) is 3.08. The summed E-state index contributed by atoms with van der Waals surface area (Å²) in [6, 6.07) is 3.76. The quantitative estimate of drug-likeness (QED) is 0.520. The predicted octanol–water partition coefficient (Wildman–Crippen LogP) is 1.79. The maximum Gasteiger partial charge on any atom is 0.263 e. The van der Waals surface area contributed by atoms with Crippen molar-refractivity contribution in [1.82, 2.24) is 4.90 Å². The van der Waals surface area contributed by atoms with E-state index in [1.165, 1.54) is 24.2 Å². The van der Waals surface area contributed by atoms with Crippen LogP contribution in [-0.2, 0) is 9.63 Å². The molecule has 6 heteroatoms. The SMILES string of the molecule is N/C(=N\OCC(=O)N1CCCCCC1)c1cccs1. The van der Waals surface area contributed by atoms with E-state index in [0.717, 1.165) is 30.8 Å². The number of amidine groups is 1. The van der Waals surface area contributed by atoms with Crippen LogP contribution in [-0.4, -0.2) is 36.3 Å². The van der Waals surface area contributed by atoms with Gasteiger partial charge in [-0.25, -0.2) is 0 Å². The Hall–Kier alpha value is -1.56. The Bertz CT molecular complexity index is 423. The summed E-state index contributed by atoms with van der Waals surface area (Å²) >= 11 is 1.49. The van der Waals surface area contributed by atoms with Crippen LogP contribution in [0.25, 0.3) is 0 Å². The number of nitrogens with two attached hydrogens (primary N) is 1. The van der Waals surface area contributed by atoms with Gasteiger partial charge in [0.15, 0.2) is 12.4 Å². The molecule has 2 heterocycles. The molecule has 19 heavy (non-hydrogen) atoms. The van der Waals surface area contributed by atoms with Gasteiger partial charge >= 0.3 is 0 Å². The van der Waals surface area contributed by atoms with E-state index >= 15 is 0 Å². The van der Waals surface area contributed by atoms with Crippen molar-refractivity contribution in [2.24, 2.45) is 10.9 Å². The molecular weight excluding hydrogens is 262 g/mol. The second-order valence-corrected chi connectivity index (χ2v) is 5.47. The molecular formula is C13H19N3O2S. The lowest BCUT2D eigenvalue weighted by Gasteiger charge is -2.19. The van der Waals surface area contributed by atoms with Gasteiger partial charge in [-0.15, -0.1) is 11.3 Å². The van der Waals surface area contributed by atoms with Gasteiger partial charge in [-0.3, -0.25) is 4.79 Å². The molecule has 0 aliphatic carbocycles. The van der Waals surface area contributed by atoms with Crippen LogP contribution in [0.2, 0.25) is 0 Å². The van der Waals surface area contributed by atoms with Crippen LogP contribution >= 0.6 is 11.3 Å². The first-order chi connectivity index (χ1) is 9.27. The molecule has 0 aromatic carbocycles. The van der Waals surface area contributed by atoms with Gasteiger partial charge in [-0.1, -0.05) is 24.1 Å². The largest absolute Gasteiger partial charge is 0.384 e. The molecule has 104 valence electrons. The van der Waals surface area contributed by atoms with Crippen LogP contribution in [0.15, 0.2) is 22.7 Å². The highest BCUT2D eigenvalue weighted by atomic mass is 32.1. The lowest BCUT2D eigenvalue weighted by Crippen LogP contribution is -2.34. The average Bonchev–Trinajstić information content (AvgIpc) is 2.81. The molecule has 1 saturated heterocycles. The third kappa shape index (κ3) is 4.24. The van der Waals surface area contributed by atoms with E-state index in [9.17, 15) is 4.79 Å². The molecule has 1 aromatic heterocycles. The zero-order chi connectivity index (χ0) is 13.5. The highest BCUT2D eigenvalue weighted by molar-refractivity contribution is 7.12. The summed E-state index contributed by atoms with van der Waals surface area (Å²) in [4.78, 5) is 19.7. The minimum Gasteiger partial charge on any atom is -0.384 e. The Morgan fingerprint density at radius 3 is 2.74 bits per heavy atom. The lowest BCUT2D eigenvalue weighted by atomic mass is 10.2. The Morgan fingerprint density at radius 2 is 2.11 bits per heavy atom. The number of oxime groups is 1. The Morgan fingerprint density at radius 1 is 1.37 bits per heavy atom. The van der Waals surface area contributed by atoms with Crippen molar-refractivity contribution in [1.29, 1.82) is 0 Å². The van der Waals surface area contributed by atoms with Gasteiger partial charge in [0.2, 0.25) is 0 Å². The molecule has 0 bridgehead atoms. The number of thiophene rings is 1. The third-order valence-corrected chi connectivity index (χ3v) is 3.98. The summed E-state index contributed by atoms with van der Waals surface area (Å²) in [7, 11) is 0. The first-order valence-corrected chi connectivity index (χ1v) is 7.42. The molecule has 2 rings (SSSR count). The molecule has 0 radical (unpaired) electrons. The summed E-state index contributed by atoms with van der Waals surface area (Å²) in [6.45, 7) is 1.62. The van der Waals surface area contributed by atoms with E-state index in [-0.39, 0.29) is 12.5 Å². The van der Waals surface area contributed by atoms with Crippen molar-refractivity contribution < 1.29 is 9.63 Å². The smallest absolute Gasteiger partial charge is 0.263 e. The van der Waals surface area contributed by atoms with Crippen molar-refractivity contribution in [3.8, 4) is 0 Å². The number of amides is 1. The normalized spacial score (nSPS) is 17.1. The highest BCUT2D eigenvalue weighted by Crippen LogP contribution is 2.10. The van der Waals surface area contributed by atoms with Crippen molar-refractivity contribution in [2.75, 3.05) is 19.7 Å². The van der Waals surface area contributed by atoms with Gasteiger partial charge in [0.1, 0.15) is 0 Å². The van der Waals surface area contributed by atoms with Gasteiger partial charge < -0.3 is 15.5 Å². The molecule has 1 aliphatic heterocycles. The van der Waals surface area contributed by atoms with Crippen molar-refractivity contribution in [3.63, 3.8) is 0 Å². The maximum atomic E-state index is 11.9. The van der Waals surface area contributed by atoms with Gasteiger partial charge in [0.05, 0.1) is 4.88 Å². The molecule has 0 spiro atoms. The van der Waals surface area contributed by atoms with E-state index < -0.39 is 0 Å². The highest BCUT2D eigenvalue weighted by Gasteiger charge is 2.15. The molecule has 5 nitrogen and oxygen atoms in total. The van der Waals surface area contributed by atoms with E-state index in [1.54, 1.807) is 0 Å². The summed E-state index contributed by atoms with van der Waals surface area (Å²) in [5, 5.41) is 5.70. The van der Waals surface area contributed by atoms with Crippen molar-refractivity contribution >= 4 is 23.1 Å².